The summed E-state index contributed by atoms with van der Waals surface area (Å²) >= 11 is 0. The lowest BCUT2D eigenvalue weighted by atomic mass is 9.46. The van der Waals surface area contributed by atoms with E-state index in [1.807, 2.05) is 19.1 Å². The molecule has 4 rings (SSSR count). The Morgan fingerprint density at radius 1 is 1.42 bits per heavy atom. The predicted octanol–water partition coefficient (Wildman–Crippen LogP) is 2.54. The van der Waals surface area contributed by atoms with E-state index in [2.05, 4.69) is 15.6 Å². The highest BCUT2D eigenvalue weighted by Gasteiger charge is 2.66. The van der Waals surface area contributed by atoms with Crippen LogP contribution in [0, 0.1) is 18.3 Å². The van der Waals surface area contributed by atoms with E-state index < -0.39 is 5.60 Å². The number of ether oxygens (including phenoxy) is 1. The van der Waals surface area contributed by atoms with E-state index in [0.29, 0.717) is 35.8 Å². The van der Waals surface area contributed by atoms with Crippen LogP contribution in [-0.2, 0) is 10.3 Å². The molecule has 3 aliphatic rings. The fraction of sp³-hybridized carbons (Fsp3) is 0.737. The van der Waals surface area contributed by atoms with Crippen molar-refractivity contribution in [1.29, 1.82) is 0 Å². The third kappa shape index (κ3) is 3.16. The summed E-state index contributed by atoms with van der Waals surface area (Å²) in [4.78, 5) is 4.36. The number of hydrogen-bond donors (Lipinski definition) is 3. The van der Waals surface area contributed by atoms with E-state index >= 15 is 0 Å². The number of aryl methyl sites for hydroxylation is 1. The zero-order valence-electron chi connectivity index (χ0n) is 15.7. The third-order valence-electron chi connectivity index (χ3n) is 6.42. The molecular weight excluding hydrogens is 445 g/mol. The first kappa shape index (κ1) is 19.9. The number of guanidine groups is 1. The Morgan fingerprint density at radius 3 is 2.77 bits per heavy atom. The molecule has 0 aromatic carbocycles. The van der Waals surface area contributed by atoms with Gasteiger partial charge in [-0.1, -0.05) is 6.42 Å². The van der Waals surface area contributed by atoms with Crippen LogP contribution in [0.5, 0.6) is 0 Å². The van der Waals surface area contributed by atoms with Crippen molar-refractivity contribution in [2.45, 2.75) is 57.3 Å². The zero-order valence-corrected chi connectivity index (χ0v) is 18.1. The van der Waals surface area contributed by atoms with Gasteiger partial charge in [-0.25, -0.2) is 0 Å². The van der Waals surface area contributed by atoms with Crippen molar-refractivity contribution >= 4 is 29.9 Å². The van der Waals surface area contributed by atoms with E-state index in [1.54, 1.807) is 14.0 Å². The number of nitrogens with one attached hydrogen (secondary N) is 2. The first-order valence-corrected chi connectivity index (χ1v) is 9.34. The van der Waals surface area contributed by atoms with Gasteiger partial charge in [0.05, 0.1) is 12.6 Å². The Balaban J connectivity index is 0.00000196. The van der Waals surface area contributed by atoms with Crippen molar-refractivity contribution in [3.05, 3.63) is 23.7 Å². The molecule has 3 fully saturated rings. The Morgan fingerprint density at radius 2 is 2.19 bits per heavy atom. The van der Waals surface area contributed by atoms with Crippen molar-refractivity contribution in [1.82, 2.24) is 10.6 Å². The van der Waals surface area contributed by atoms with Crippen molar-refractivity contribution in [3.63, 3.8) is 0 Å². The summed E-state index contributed by atoms with van der Waals surface area (Å²) < 4.78 is 11.6. The normalized spacial score (nSPS) is 31.2. The average Bonchev–Trinajstić information content (AvgIpc) is 3.14. The summed E-state index contributed by atoms with van der Waals surface area (Å²) in [7, 11) is 1.77. The van der Waals surface area contributed by atoms with Gasteiger partial charge in [0.15, 0.2) is 5.96 Å². The first-order chi connectivity index (χ1) is 12.0. The maximum absolute atomic E-state index is 10.7. The van der Waals surface area contributed by atoms with E-state index in [1.165, 1.54) is 19.3 Å². The maximum atomic E-state index is 10.7. The van der Waals surface area contributed by atoms with Crippen LogP contribution in [-0.4, -0.2) is 43.4 Å². The molecule has 6 nitrogen and oxygen atoms in total. The van der Waals surface area contributed by atoms with E-state index in [0.717, 1.165) is 24.7 Å². The molecule has 0 radical (unpaired) electrons. The summed E-state index contributed by atoms with van der Waals surface area (Å²) in [5, 5.41) is 17.6. The predicted molar refractivity (Wildman–Crippen MR) is 111 cm³/mol. The van der Waals surface area contributed by atoms with Crippen LogP contribution in [0.15, 0.2) is 21.5 Å². The van der Waals surface area contributed by atoms with Crippen LogP contribution in [0.25, 0.3) is 0 Å². The molecule has 1 aromatic heterocycles. The highest BCUT2D eigenvalue weighted by molar-refractivity contribution is 14.0. The Kier molecular flexibility index (Phi) is 5.61. The summed E-state index contributed by atoms with van der Waals surface area (Å²) in [5.41, 5.74) is -0.780. The molecule has 7 heteroatoms. The number of nitrogens with zero attached hydrogens (tertiary/aromatic N) is 1. The molecule has 1 saturated heterocycles. The molecule has 0 bridgehead atoms. The van der Waals surface area contributed by atoms with Gasteiger partial charge in [-0.2, -0.15) is 0 Å². The molecular formula is C19H30IN3O3. The molecule has 3 N–H and O–H groups in total. The van der Waals surface area contributed by atoms with Crippen molar-refractivity contribution in [2.24, 2.45) is 16.3 Å². The fourth-order valence-corrected chi connectivity index (χ4v) is 4.86. The van der Waals surface area contributed by atoms with E-state index in [-0.39, 0.29) is 24.0 Å². The Hall–Kier alpha value is -0.800. The molecule has 1 aromatic rings. The van der Waals surface area contributed by atoms with Gasteiger partial charge < -0.3 is 24.9 Å². The quantitative estimate of drug-likeness (QED) is 0.355. The van der Waals surface area contributed by atoms with Crippen molar-refractivity contribution in [2.75, 3.05) is 20.2 Å². The maximum Gasteiger partial charge on any atom is 0.191 e. The first-order valence-electron chi connectivity index (χ1n) is 9.34. The summed E-state index contributed by atoms with van der Waals surface area (Å²) in [5.74, 6) is 2.69. The molecule has 2 heterocycles. The zero-order chi connectivity index (χ0) is 17.7. The number of rotatable bonds is 4. The SMILES string of the molecule is CN=C(NCC(C)(O)c1ccc(C)o1)NC1C2CCOC2C12CCC2.I. The average molecular weight is 475 g/mol. The second-order valence-corrected chi connectivity index (χ2v) is 8.06. The molecule has 2 saturated carbocycles. The summed E-state index contributed by atoms with van der Waals surface area (Å²) in [6.45, 7) is 4.85. The molecule has 1 spiro atoms. The van der Waals surface area contributed by atoms with E-state index in [9.17, 15) is 5.11 Å². The number of aliphatic imine (C=N–C) groups is 1. The minimum Gasteiger partial charge on any atom is -0.463 e. The second-order valence-electron chi connectivity index (χ2n) is 8.06. The molecule has 146 valence electrons. The minimum atomic E-state index is -1.08. The van der Waals surface area contributed by atoms with Crippen LogP contribution >= 0.6 is 24.0 Å². The monoisotopic (exact) mass is 475 g/mol. The van der Waals surface area contributed by atoms with Gasteiger partial charge in [0.25, 0.3) is 0 Å². The largest absolute Gasteiger partial charge is 0.463 e. The minimum absolute atomic E-state index is 0. The molecule has 0 amide bonds. The van der Waals surface area contributed by atoms with Gasteiger partial charge in [0, 0.05) is 31.0 Å². The van der Waals surface area contributed by atoms with Gasteiger partial charge in [-0.3, -0.25) is 4.99 Å². The van der Waals surface area contributed by atoms with Crippen LogP contribution in [0.2, 0.25) is 0 Å². The van der Waals surface area contributed by atoms with E-state index in [4.69, 9.17) is 9.15 Å². The van der Waals surface area contributed by atoms with Gasteiger partial charge in [0.2, 0.25) is 0 Å². The Bertz CT molecular complexity index is 669. The number of hydrogen-bond acceptors (Lipinski definition) is 4. The van der Waals surface area contributed by atoms with Gasteiger partial charge >= 0.3 is 0 Å². The smallest absolute Gasteiger partial charge is 0.191 e. The summed E-state index contributed by atoms with van der Waals surface area (Å²) in [6, 6.07) is 4.12. The van der Waals surface area contributed by atoms with Gasteiger partial charge in [0.1, 0.15) is 17.1 Å². The lowest BCUT2D eigenvalue weighted by Crippen LogP contribution is -2.72. The molecule has 26 heavy (non-hydrogen) atoms. The number of aliphatic hydroxyl groups is 1. The second kappa shape index (κ2) is 7.31. The Labute approximate surface area is 172 Å². The number of halogens is 1. The summed E-state index contributed by atoms with van der Waals surface area (Å²) in [6.07, 6.45) is 5.35. The van der Waals surface area contributed by atoms with Crippen LogP contribution in [0.4, 0.5) is 0 Å². The van der Waals surface area contributed by atoms with Crippen LogP contribution < -0.4 is 10.6 Å². The number of furan rings is 1. The molecule has 4 atom stereocenters. The highest BCUT2D eigenvalue weighted by Crippen LogP contribution is 2.62. The van der Waals surface area contributed by atoms with Gasteiger partial charge in [-0.15, -0.1) is 24.0 Å². The fourth-order valence-electron chi connectivity index (χ4n) is 4.86. The standard InChI is InChI=1S/C19H29N3O3.HI/c1-12-5-6-14(25-12)18(2,23)11-21-17(20-3)22-15-13-7-10-24-16(13)19(15)8-4-9-19;/h5-6,13,15-16,23H,4,7-11H2,1-3H3,(H2,20,21,22);1H. The van der Waals surface area contributed by atoms with Crippen LogP contribution in [0.3, 0.4) is 0 Å². The highest BCUT2D eigenvalue weighted by atomic mass is 127. The third-order valence-corrected chi connectivity index (χ3v) is 6.42. The van der Waals surface area contributed by atoms with Crippen molar-refractivity contribution < 1.29 is 14.3 Å². The lowest BCUT2D eigenvalue weighted by molar-refractivity contribution is -0.171. The van der Waals surface area contributed by atoms with Gasteiger partial charge in [-0.05, 0) is 45.2 Å². The van der Waals surface area contributed by atoms with Crippen molar-refractivity contribution in [3.8, 4) is 0 Å². The number of fused-ring (bicyclic) bond motifs is 2. The topological polar surface area (TPSA) is 79.0 Å². The molecule has 4 unspecified atom stereocenters. The van der Waals surface area contributed by atoms with Crippen LogP contribution in [0.1, 0.15) is 44.1 Å². The molecule has 2 aliphatic carbocycles. The molecule has 1 aliphatic heterocycles. The lowest BCUT2D eigenvalue weighted by Gasteiger charge is -2.63.